The molecule has 1 aromatic rings. The minimum Gasteiger partial charge on any atom is -0.203 e. The largest absolute Gasteiger partial charge is 0.460 e. The van der Waals surface area contributed by atoms with Gasteiger partial charge in [0.25, 0.3) is 0 Å². The molecule has 1 rings (SSSR count). The number of hydrogen-bond acceptors (Lipinski definition) is 0. The predicted octanol–water partition coefficient (Wildman–Crippen LogP) is 8.09. The second-order valence-corrected chi connectivity index (χ2v) is 6.45. The lowest BCUT2D eigenvalue weighted by Gasteiger charge is -2.40. The normalized spacial score (nSPS) is 15.5. The smallest absolute Gasteiger partial charge is 0.203 e. The van der Waals surface area contributed by atoms with Crippen molar-refractivity contribution in [2.75, 3.05) is 0 Å². The molecule has 0 N–H and O–H groups in total. The fourth-order valence-electron chi connectivity index (χ4n) is 2.29. The monoisotopic (exact) mass is 586 g/mol. The molecular weight excluding hydrogens is 586 g/mol. The van der Waals surface area contributed by atoms with Gasteiger partial charge >= 0.3 is 47.9 Å². The lowest BCUT2D eigenvalue weighted by molar-refractivity contribution is -0.442. The molecule has 0 aliphatic heterocycles. The zero-order chi connectivity index (χ0) is 29.5. The van der Waals surface area contributed by atoms with E-state index in [1.165, 1.54) is 0 Å². The van der Waals surface area contributed by atoms with Crippen LogP contribution in [0.3, 0.4) is 0 Å². The molecule has 0 aliphatic rings. The van der Waals surface area contributed by atoms with Crippen LogP contribution in [0.4, 0.5) is 96.6 Å². The van der Waals surface area contributed by atoms with Gasteiger partial charge in [-0.3, -0.25) is 0 Å². The third-order valence-electron chi connectivity index (χ3n) is 4.18. The van der Waals surface area contributed by atoms with E-state index < -0.39 is 82.3 Å². The van der Waals surface area contributed by atoms with Crippen LogP contribution in [-0.2, 0) is 11.8 Å². The summed E-state index contributed by atoms with van der Waals surface area (Å²) in [5.74, 6) is -67.4. The van der Waals surface area contributed by atoms with Crippen molar-refractivity contribution >= 4 is 0 Å². The zero-order valence-electron chi connectivity index (χ0n) is 15.3. The predicted molar refractivity (Wildman–Crippen MR) is 66.0 cm³/mol. The summed E-state index contributed by atoms with van der Waals surface area (Å²) in [5, 5.41) is 0. The van der Waals surface area contributed by atoms with Crippen LogP contribution < -0.4 is 0 Å². The molecule has 0 amide bonds. The molecule has 0 radical (unpaired) electrons. The first kappa shape index (κ1) is 31.7. The molecule has 22 heteroatoms. The maximum absolute atomic E-state index is 14.1. The molecule has 0 fully saturated rings. The van der Waals surface area contributed by atoms with Crippen LogP contribution in [-0.4, -0.2) is 36.0 Å². The van der Waals surface area contributed by atoms with Gasteiger partial charge in [-0.25, -0.2) is 17.6 Å². The Labute approximate surface area is 180 Å². The Balaban J connectivity index is 4.23. The van der Waals surface area contributed by atoms with Gasteiger partial charge in [0.2, 0.25) is 0 Å². The van der Waals surface area contributed by atoms with Gasteiger partial charge in [0, 0.05) is 0 Å². The Kier molecular flexibility index (Phi) is 7.12. The lowest BCUT2D eigenvalue weighted by atomic mass is 9.86. The van der Waals surface area contributed by atoms with E-state index in [9.17, 15) is 96.6 Å². The van der Waals surface area contributed by atoms with Crippen molar-refractivity contribution in [1.29, 1.82) is 0 Å². The second-order valence-electron chi connectivity index (χ2n) is 6.45. The maximum atomic E-state index is 14.1. The molecule has 0 spiro atoms. The Morgan fingerprint density at radius 1 is 0.278 bits per heavy atom. The van der Waals surface area contributed by atoms with Crippen molar-refractivity contribution < 1.29 is 96.6 Å². The fraction of sp³-hybridized carbons (Fsp3) is 0.571. The minimum absolute atomic E-state index is 3.91. The van der Waals surface area contributed by atoms with Gasteiger partial charge in [-0.2, -0.15) is 79.0 Å². The summed E-state index contributed by atoms with van der Waals surface area (Å²) in [6.07, 6.45) is -15.5. The number of alkyl halides is 18. The van der Waals surface area contributed by atoms with Crippen LogP contribution in [0.5, 0.6) is 0 Å². The van der Waals surface area contributed by atoms with Crippen molar-refractivity contribution in [1.82, 2.24) is 0 Å². The van der Waals surface area contributed by atoms with Gasteiger partial charge in [-0.1, -0.05) is 0 Å². The van der Waals surface area contributed by atoms with Gasteiger partial charge in [-0.05, 0) is 0 Å². The van der Waals surface area contributed by atoms with Crippen LogP contribution in [0.2, 0.25) is 0 Å². The third-order valence-corrected chi connectivity index (χ3v) is 4.18. The summed E-state index contributed by atoms with van der Waals surface area (Å²) in [5.41, 5.74) is -9.71. The molecule has 1 aromatic carbocycles. The lowest BCUT2D eigenvalue weighted by Crippen LogP contribution is -2.69. The third kappa shape index (κ3) is 3.88. The van der Waals surface area contributed by atoms with Gasteiger partial charge in [-0.15, -0.1) is 0 Å². The first-order chi connectivity index (χ1) is 15.4. The highest BCUT2D eigenvalue weighted by Crippen LogP contribution is 2.63. The highest BCUT2D eigenvalue weighted by atomic mass is 19.4. The molecule has 0 bridgehead atoms. The topological polar surface area (TPSA) is 0 Å². The molecule has 0 heterocycles. The molecule has 0 atom stereocenters. The summed E-state index contributed by atoms with van der Waals surface area (Å²) >= 11 is 0. The summed E-state index contributed by atoms with van der Waals surface area (Å²) in [4.78, 5) is 0. The molecule has 0 aliphatic carbocycles. The Morgan fingerprint density at radius 2 is 0.556 bits per heavy atom. The number of benzene rings is 1. The van der Waals surface area contributed by atoms with E-state index >= 15 is 0 Å². The van der Waals surface area contributed by atoms with Crippen molar-refractivity contribution in [2.24, 2.45) is 0 Å². The molecule has 0 saturated heterocycles. The van der Waals surface area contributed by atoms with Gasteiger partial charge in [0.15, 0.2) is 23.3 Å². The zero-order valence-corrected chi connectivity index (χ0v) is 15.3. The number of rotatable bonds is 6. The van der Waals surface area contributed by atoms with Crippen LogP contribution >= 0.6 is 0 Å². The molecule has 36 heavy (non-hydrogen) atoms. The number of halogens is 22. The van der Waals surface area contributed by atoms with Gasteiger partial charge < -0.3 is 0 Å². The first-order valence-corrected chi connectivity index (χ1v) is 7.66. The second kappa shape index (κ2) is 8.09. The molecule has 210 valence electrons. The Morgan fingerprint density at radius 3 is 0.833 bits per heavy atom. The average Bonchev–Trinajstić information content (AvgIpc) is 2.65. The fourth-order valence-corrected chi connectivity index (χ4v) is 2.29. The first-order valence-electron chi connectivity index (χ1n) is 7.66. The van der Waals surface area contributed by atoms with E-state index in [-0.39, 0.29) is 0 Å². The van der Waals surface area contributed by atoms with Crippen molar-refractivity contribution in [3.63, 3.8) is 0 Å². The Bertz CT molecular complexity index is 1010. The van der Waals surface area contributed by atoms with Crippen LogP contribution in [0.15, 0.2) is 0 Å². The molecular formula is C14F22. The summed E-state index contributed by atoms with van der Waals surface area (Å²) < 4.78 is 289. The van der Waals surface area contributed by atoms with Crippen molar-refractivity contribution in [2.45, 2.75) is 47.9 Å². The summed E-state index contributed by atoms with van der Waals surface area (Å²) in [6, 6.07) is 0. The van der Waals surface area contributed by atoms with E-state index in [1.807, 2.05) is 0 Å². The SMILES string of the molecule is Fc1c(F)c(F)c(C(F)(F)C(F)(F)C(F)(F)C(F)(F)C(F)(F)C(F)(F)F)c(C(F)(F)C(F)(F)F)c1F. The van der Waals surface area contributed by atoms with Gasteiger partial charge in [0.1, 0.15) is 0 Å². The summed E-state index contributed by atoms with van der Waals surface area (Å²) in [7, 11) is 0. The van der Waals surface area contributed by atoms with E-state index in [4.69, 9.17) is 0 Å². The Hall–Kier alpha value is -2.32. The van der Waals surface area contributed by atoms with Crippen LogP contribution in [0, 0.1) is 23.3 Å². The quantitative estimate of drug-likeness (QED) is 0.180. The highest BCUT2D eigenvalue weighted by molar-refractivity contribution is 5.41. The average molecular weight is 586 g/mol. The van der Waals surface area contributed by atoms with E-state index in [1.54, 1.807) is 0 Å². The van der Waals surface area contributed by atoms with E-state index in [2.05, 4.69) is 0 Å². The molecule has 0 saturated carbocycles. The van der Waals surface area contributed by atoms with Crippen LogP contribution in [0.1, 0.15) is 11.1 Å². The summed E-state index contributed by atoms with van der Waals surface area (Å²) in [6.45, 7) is 0. The van der Waals surface area contributed by atoms with Gasteiger partial charge in [0.05, 0.1) is 11.1 Å². The molecule has 0 aromatic heterocycles. The highest BCUT2D eigenvalue weighted by Gasteiger charge is 2.91. The standard InChI is InChI=1S/C14F22/c15-3-1(2(4(16)6(18)5(3)17)8(21,22)13(31,32)33)7(19,20)9(23,24)10(25,26)11(27,28)12(29,30)14(34,35)36. The van der Waals surface area contributed by atoms with Crippen LogP contribution in [0.25, 0.3) is 0 Å². The van der Waals surface area contributed by atoms with Crippen molar-refractivity contribution in [3.05, 3.63) is 34.4 Å². The van der Waals surface area contributed by atoms with E-state index in [0.29, 0.717) is 0 Å². The molecule has 0 nitrogen and oxygen atoms in total. The van der Waals surface area contributed by atoms with Crippen molar-refractivity contribution in [3.8, 4) is 0 Å². The minimum atomic E-state index is -8.87. The van der Waals surface area contributed by atoms with E-state index in [0.717, 1.165) is 0 Å². The molecule has 0 unspecified atom stereocenters. The maximum Gasteiger partial charge on any atom is 0.460 e. The number of hydrogen-bond donors (Lipinski definition) is 0.